The van der Waals surface area contributed by atoms with Gasteiger partial charge in [0.1, 0.15) is 11.6 Å². The topological polar surface area (TPSA) is 42.0 Å². The Morgan fingerprint density at radius 3 is 2.70 bits per heavy atom. The minimum Gasteiger partial charge on any atom is -0.496 e. The summed E-state index contributed by atoms with van der Waals surface area (Å²) in [5.41, 5.74) is 1.28. The number of carbonyl (C=O) groups excluding carboxylic acids is 1. The third-order valence-corrected chi connectivity index (χ3v) is 4.70. The summed E-state index contributed by atoms with van der Waals surface area (Å²) in [6.45, 7) is 4.85. The van der Waals surface area contributed by atoms with Gasteiger partial charge < -0.3 is 14.4 Å². The van der Waals surface area contributed by atoms with E-state index in [1.54, 1.807) is 24.1 Å². The van der Waals surface area contributed by atoms with E-state index in [1.807, 2.05) is 24.3 Å². The second kappa shape index (κ2) is 9.48. The second-order valence-electron chi connectivity index (χ2n) is 6.50. The van der Waals surface area contributed by atoms with Crippen LogP contribution in [0.5, 0.6) is 5.75 Å². The Labute approximate surface area is 159 Å². The molecule has 1 fully saturated rings. The van der Waals surface area contributed by atoms with Crippen molar-refractivity contribution in [3.8, 4) is 5.75 Å². The molecule has 0 spiro atoms. The highest BCUT2D eigenvalue weighted by Crippen LogP contribution is 2.20. The maximum absolute atomic E-state index is 13.6. The van der Waals surface area contributed by atoms with Crippen molar-refractivity contribution in [1.82, 2.24) is 9.80 Å². The van der Waals surface area contributed by atoms with Crippen LogP contribution >= 0.6 is 0 Å². The van der Waals surface area contributed by atoms with Crippen molar-refractivity contribution in [3.05, 3.63) is 65.5 Å². The summed E-state index contributed by atoms with van der Waals surface area (Å²) in [4.78, 5) is 17.1. The minimum atomic E-state index is -0.411. The van der Waals surface area contributed by atoms with Crippen LogP contribution in [0.25, 0.3) is 0 Å². The van der Waals surface area contributed by atoms with Crippen LogP contribution in [0.2, 0.25) is 0 Å². The van der Waals surface area contributed by atoms with Gasteiger partial charge in [-0.15, -0.1) is 0 Å². The van der Waals surface area contributed by atoms with Gasteiger partial charge in [-0.2, -0.15) is 0 Å². The van der Waals surface area contributed by atoms with Gasteiger partial charge in [-0.25, -0.2) is 4.39 Å². The highest BCUT2D eigenvalue weighted by molar-refractivity contribution is 5.94. The smallest absolute Gasteiger partial charge is 0.254 e. The Balaban J connectivity index is 1.77. The predicted octanol–water partition coefficient (Wildman–Crippen LogP) is 2.81. The molecule has 144 valence electrons. The molecule has 2 aromatic carbocycles. The molecule has 0 aromatic heterocycles. The Morgan fingerprint density at radius 2 is 1.96 bits per heavy atom. The van der Waals surface area contributed by atoms with E-state index in [0.717, 1.165) is 30.9 Å². The molecule has 27 heavy (non-hydrogen) atoms. The van der Waals surface area contributed by atoms with Crippen LogP contribution in [0.15, 0.2) is 48.5 Å². The fraction of sp³-hybridized carbons (Fsp3) is 0.381. The number of rotatable bonds is 7. The Kier molecular flexibility index (Phi) is 6.79. The Bertz CT molecular complexity index is 763. The van der Waals surface area contributed by atoms with Crippen LogP contribution in [0.1, 0.15) is 15.9 Å². The summed E-state index contributed by atoms with van der Waals surface area (Å²) in [6.07, 6.45) is 0. The van der Waals surface area contributed by atoms with Gasteiger partial charge in [-0.1, -0.05) is 24.3 Å². The standard InChI is InChI=1S/C21H25FN2O3/c1-26-20-8-3-2-5-18(20)16-24(10-9-23-11-13-27-14-12-23)21(25)17-6-4-7-19(22)15-17/h2-8,15H,9-14,16H2,1H3. The predicted molar refractivity (Wildman–Crippen MR) is 101 cm³/mol. The summed E-state index contributed by atoms with van der Waals surface area (Å²) >= 11 is 0. The van der Waals surface area contributed by atoms with Crippen LogP contribution in [0, 0.1) is 5.82 Å². The molecule has 1 aliphatic heterocycles. The molecule has 1 aliphatic rings. The van der Waals surface area contributed by atoms with Gasteiger partial charge in [0.2, 0.25) is 0 Å². The quantitative estimate of drug-likeness (QED) is 0.750. The van der Waals surface area contributed by atoms with E-state index in [2.05, 4.69) is 4.90 Å². The molecule has 1 heterocycles. The maximum atomic E-state index is 13.6. The van der Waals surface area contributed by atoms with E-state index < -0.39 is 5.82 Å². The van der Waals surface area contributed by atoms with Crippen LogP contribution < -0.4 is 4.74 Å². The van der Waals surface area contributed by atoms with E-state index in [0.29, 0.717) is 31.9 Å². The first-order valence-corrected chi connectivity index (χ1v) is 9.14. The molecule has 1 saturated heterocycles. The Morgan fingerprint density at radius 1 is 1.19 bits per heavy atom. The third-order valence-electron chi connectivity index (χ3n) is 4.70. The number of hydrogen-bond acceptors (Lipinski definition) is 4. The van der Waals surface area contributed by atoms with Crippen molar-refractivity contribution >= 4 is 5.91 Å². The molecule has 3 rings (SSSR count). The van der Waals surface area contributed by atoms with Gasteiger partial charge in [0.25, 0.3) is 5.91 Å². The van der Waals surface area contributed by atoms with Gasteiger partial charge >= 0.3 is 0 Å². The van der Waals surface area contributed by atoms with Gasteiger partial charge in [-0.3, -0.25) is 9.69 Å². The number of para-hydroxylation sites is 1. The SMILES string of the molecule is COc1ccccc1CN(CCN1CCOCC1)C(=O)c1cccc(F)c1. The van der Waals surface area contributed by atoms with Crippen LogP contribution in [-0.4, -0.2) is 62.2 Å². The van der Waals surface area contributed by atoms with Gasteiger partial charge in [0, 0.05) is 43.9 Å². The third kappa shape index (κ3) is 5.28. The van der Waals surface area contributed by atoms with Crippen molar-refractivity contribution in [2.75, 3.05) is 46.5 Å². The van der Waals surface area contributed by atoms with Crippen molar-refractivity contribution in [3.63, 3.8) is 0 Å². The summed E-state index contributed by atoms with van der Waals surface area (Å²) < 4.78 is 24.4. The zero-order valence-electron chi connectivity index (χ0n) is 15.6. The highest BCUT2D eigenvalue weighted by atomic mass is 19.1. The number of ether oxygens (including phenoxy) is 2. The number of carbonyl (C=O) groups is 1. The first-order valence-electron chi connectivity index (χ1n) is 9.14. The number of methoxy groups -OCH3 is 1. The lowest BCUT2D eigenvalue weighted by Gasteiger charge is -2.30. The average molecular weight is 372 g/mol. The summed E-state index contributed by atoms with van der Waals surface area (Å²) in [5.74, 6) is 0.140. The first kappa shape index (κ1) is 19.3. The molecule has 0 aliphatic carbocycles. The molecule has 5 nitrogen and oxygen atoms in total. The lowest BCUT2D eigenvalue weighted by Crippen LogP contribution is -2.43. The molecule has 0 N–H and O–H groups in total. The molecule has 0 saturated carbocycles. The van der Waals surface area contributed by atoms with Crippen molar-refractivity contribution < 1.29 is 18.7 Å². The van der Waals surface area contributed by atoms with E-state index in [-0.39, 0.29) is 5.91 Å². The second-order valence-corrected chi connectivity index (χ2v) is 6.50. The van der Waals surface area contributed by atoms with E-state index in [1.165, 1.54) is 12.1 Å². The summed E-state index contributed by atoms with van der Waals surface area (Å²) in [5, 5.41) is 0. The van der Waals surface area contributed by atoms with Crippen LogP contribution in [0.3, 0.4) is 0 Å². The highest BCUT2D eigenvalue weighted by Gasteiger charge is 2.20. The Hall–Kier alpha value is -2.44. The van der Waals surface area contributed by atoms with Gasteiger partial charge in [0.05, 0.1) is 20.3 Å². The van der Waals surface area contributed by atoms with Gasteiger partial charge in [0.15, 0.2) is 0 Å². The van der Waals surface area contributed by atoms with Crippen molar-refractivity contribution in [2.45, 2.75) is 6.54 Å². The molecule has 1 amide bonds. The molecular weight excluding hydrogens is 347 g/mol. The van der Waals surface area contributed by atoms with E-state index in [4.69, 9.17) is 9.47 Å². The molecule has 0 radical (unpaired) electrons. The van der Waals surface area contributed by atoms with Crippen molar-refractivity contribution in [2.24, 2.45) is 0 Å². The van der Waals surface area contributed by atoms with Crippen LogP contribution in [0.4, 0.5) is 4.39 Å². The van der Waals surface area contributed by atoms with E-state index >= 15 is 0 Å². The number of morpholine rings is 1. The first-order chi connectivity index (χ1) is 13.2. The van der Waals surface area contributed by atoms with E-state index in [9.17, 15) is 9.18 Å². The average Bonchev–Trinajstić information content (AvgIpc) is 2.71. The van der Waals surface area contributed by atoms with Crippen molar-refractivity contribution in [1.29, 1.82) is 0 Å². The molecule has 0 bridgehead atoms. The largest absolute Gasteiger partial charge is 0.496 e. The number of nitrogens with zero attached hydrogens (tertiary/aromatic N) is 2. The number of amides is 1. The minimum absolute atomic E-state index is 0.186. The number of halogens is 1. The maximum Gasteiger partial charge on any atom is 0.254 e. The summed E-state index contributed by atoms with van der Waals surface area (Å²) in [7, 11) is 1.62. The number of hydrogen-bond donors (Lipinski definition) is 0. The normalized spacial score (nSPS) is 14.7. The zero-order valence-corrected chi connectivity index (χ0v) is 15.6. The molecule has 6 heteroatoms. The number of benzene rings is 2. The molecule has 2 aromatic rings. The zero-order chi connectivity index (χ0) is 19.1. The molecule has 0 unspecified atom stereocenters. The molecule has 0 atom stereocenters. The van der Waals surface area contributed by atoms with Crippen LogP contribution in [-0.2, 0) is 11.3 Å². The fourth-order valence-corrected chi connectivity index (χ4v) is 3.18. The monoisotopic (exact) mass is 372 g/mol. The van der Waals surface area contributed by atoms with Gasteiger partial charge in [-0.05, 0) is 24.3 Å². The fourth-order valence-electron chi connectivity index (χ4n) is 3.18. The lowest BCUT2D eigenvalue weighted by molar-refractivity contribution is 0.0320. The molecular formula is C21H25FN2O3. The summed E-state index contributed by atoms with van der Waals surface area (Å²) in [6, 6.07) is 13.5. The lowest BCUT2D eigenvalue weighted by atomic mass is 10.1.